The van der Waals surface area contributed by atoms with Gasteiger partial charge >= 0.3 is 0 Å². The van der Waals surface area contributed by atoms with E-state index in [1.165, 1.54) is 0 Å². The molecule has 0 atom stereocenters. The average molecular weight is 253 g/mol. The molecule has 1 aromatic carbocycles. The molecule has 1 aromatic heterocycles. The summed E-state index contributed by atoms with van der Waals surface area (Å²) in [5, 5.41) is 0.783. The molecule has 0 bridgehead atoms. The number of pyridine rings is 1. The third-order valence-electron chi connectivity index (χ3n) is 3.41. The van der Waals surface area contributed by atoms with Crippen LogP contribution >= 0.6 is 0 Å². The van der Waals surface area contributed by atoms with E-state index < -0.39 is 0 Å². The van der Waals surface area contributed by atoms with Crippen molar-refractivity contribution in [2.75, 3.05) is 0 Å². The fourth-order valence-electron chi connectivity index (χ4n) is 2.30. The van der Waals surface area contributed by atoms with Crippen LogP contribution in [0.1, 0.15) is 24.1 Å². The molecule has 2 rings (SSSR count). The van der Waals surface area contributed by atoms with E-state index in [-0.39, 0.29) is 5.43 Å². The first kappa shape index (κ1) is 13.3. The van der Waals surface area contributed by atoms with Gasteiger partial charge in [-0.3, -0.25) is 4.79 Å². The summed E-state index contributed by atoms with van der Waals surface area (Å²) in [4.78, 5) is 12.3. The summed E-state index contributed by atoms with van der Waals surface area (Å²) < 4.78 is 2.08. The molecule has 0 fully saturated rings. The van der Waals surface area contributed by atoms with E-state index in [0.717, 1.165) is 35.0 Å². The van der Waals surface area contributed by atoms with Gasteiger partial charge in [0.15, 0.2) is 5.43 Å². The molecule has 2 aromatic rings. The maximum absolute atomic E-state index is 12.3. The van der Waals surface area contributed by atoms with Crippen LogP contribution in [0, 0.1) is 6.92 Å². The van der Waals surface area contributed by atoms with Crippen LogP contribution in [0.25, 0.3) is 17.0 Å². The van der Waals surface area contributed by atoms with E-state index in [0.29, 0.717) is 0 Å². The summed E-state index contributed by atoms with van der Waals surface area (Å²) in [5.74, 6) is 0. The Labute approximate surface area is 113 Å². The first-order valence-corrected chi connectivity index (χ1v) is 6.52. The Hall–Kier alpha value is -2.09. The highest BCUT2D eigenvalue weighted by atomic mass is 16.1. The van der Waals surface area contributed by atoms with E-state index in [1.54, 1.807) is 0 Å². The Balaban J connectivity index is 2.58. The molecule has 0 radical (unpaired) electrons. The maximum atomic E-state index is 12.3. The molecule has 0 amide bonds. The minimum Gasteiger partial charge on any atom is -0.344 e. The highest BCUT2D eigenvalue weighted by Gasteiger charge is 2.08. The molecular weight excluding hydrogens is 234 g/mol. The molecule has 98 valence electrons. The molecular formula is C17H19NO. The molecule has 0 aliphatic carbocycles. The summed E-state index contributed by atoms with van der Waals surface area (Å²) in [6.07, 6.45) is 7.93. The number of aromatic nitrogens is 1. The summed E-state index contributed by atoms with van der Waals surface area (Å²) in [5.41, 5.74) is 2.88. The highest BCUT2D eigenvalue weighted by Crippen LogP contribution is 2.16. The number of hydrogen-bond acceptors (Lipinski definition) is 1. The second kappa shape index (κ2) is 5.70. The minimum atomic E-state index is 0.122. The van der Waals surface area contributed by atoms with Crippen molar-refractivity contribution in [3.63, 3.8) is 0 Å². The van der Waals surface area contributed by atoms with E-state index in [4.69, 9.17) is 0 Å². The van der Waals surface area contributed by atoms with Crippen LogP contribution in [0.2, 0.25) is 0 Å². The largest absolute Gasteiger partial charge is 0.344 e. The number of fused-ring (bicyclic) bond motifs is 1. The predicted octanol–water partition coefficient (Wildman–Crippen LogP) is 3.83. The number of rotatable bonds is 4. The zero-order valence-corrected chi connectivity index (χ0v) is 11.5. The van der Waals surface area contributed by atoms with Gasteiger partial charge in [0, 0.05) is 23.7 Å². The molecule has 0 aliphatic rings. The Morgan fingerprint density at radius 3 is 2.74 bits per heavy atom. The molecule has 0 aliphatic heterocycles. The van der Waals surface area contributed by atoms with Crippen molar-refractivity contribution in [1.82, 2.24) is 4.57 Å². The Morgan fingerprint density at radius 2 is 2.00 bits per heavy atom. The van der Waals surface area contributed by atoms with Gasteiger partial charge in [-0.15, -0.1) is 6.58 Å². The Bertz CT molecular complexity index is 692. The van der Waals surface area contributed by atoms with Gasteiger partial charge in [-0.25, -0.2) is 0 Å². The van der Waals surface area contributed by atoms with Gasteiger partial charge in [-0.05, 0) is 38.0 Å². The van der Waals surface area contributed by atoms with Gasteiger partial charge in [0.05, 0.1) is 5.52 Å². The first-order valence-electron chi connectivity index (χ1n) is 6.52. The lowest BCUT2D eigenvalue weighted by atomic mass is 10.1. The zero-order chi connectivity index (χ0) is 13.8. The summed E-state index contributed by atoms with van der Waals surface area (Å²) in [6, 6.07) is 7.73. The molecule has 19 heavy (non-hydrogen) atoms. The zero-order valence-electron chi connectivity index (χ0n) is 11.5. The molecule has 0 unspecified atom stereocenters. The second-order valence-electron chi connectivity index (χ2n) is 4.68. The SMILES string of the molecule is C=CCC/C=C/c1c(C)c(=O)c2ccccc2n1C. The molecule has 2 nitrogen and oxygen atoms in total. The fourth-order valence-corrected chi connectivity index (χ4v) is 2.30. The number of aryl methyl sites for hydroxylation is 1. The highest BCUT2D eigenvalue weighted by molar-refractivity contribution is 5.81. The van der Waals surface area contributed by atoms with E-state index in [1.807, 2.05) is 50.4 Å². The Kier molecular flexibility index (Phi) is 4.00. The number of allylic oxidation sites excluding steroid dienone is 2. The quantitative estimate of drug-likeness (QED) is 0.599. The average Bonchev–Trinajstić information content (AvgIpc) is 2.44. The lowest BCUT2D eigenvalue weighted by Gasteiger charge is -2.12. The van der Waals surface area contributed by atoms with E-state index in [2.05, 4.69) is 17.2 Å². The topological polar surface area (TPSA) is 22.0 Å². The van der Waals surface area contributed by atoms with Crippen molar-refractivity contribution in [1.29, 1.82) is 0 Å². The van der Waals surface area contributed by atoms with E-state index >= 15 is 0 Å². The lowest BCUT2D eigenvalue weighted by molar-refractivity contribution is 0.921. The van der Waals surface area contributed by atoms with Crippen molar-refractivity contribution < 1.29 is 0 Å². The van der Waals surface area contributed by atoms with Gasteiger partial charge in [-0.1, -0.05) is 24.3 Å². The van der Waals surface area contributed by atoms with Crippen LogP contribution in [0.5, 0.6) is 0 Å². The molecule has 0 spiro atoms. The third kappa shape index (κ3) is 2.53. The number of para-hydroxylation sites is 1. The summed E-state index contributed by atoms with van der Waals surface area (Å²) in [7, 11) is 2.00. The smallest absolute Gasteiger partial charge is 0.192 e. The van der Waals surface area contributed by atoms with Gasteiger partial charge < -0.3 is 4.57 Å². The van der Waals surface area contributed by atoms with Gasteiger partial charge in [-0.2, -0.15) is 0 Å². The molecule has 0 N–H and O–H groups in total. The van der Waals surface area contributed by atoms with Crippen LogP contribution in [0.4, 0.5) is 0 Å². The van der Waals surface area contributed by atoms with Crippen molar-refractivity contribution in [3.8, 4) is 0 Å². The van der Waals surface area contributed by atoms with Crippen LogP contribution in [0.3, 0.4) is 0 Å². The van der Waals surface area contributed by atoms with Gasteiger partial charge in [0.1, 0.15) is 0 Å². The molecule has 2 heteroatoms. The van der Waals surface area contributed by atoms with Crippen molar-refractivity contribution in [2.45, 2.75) is 19.8 Å². The van der Waals surface area contributed by atoms with Crippen LogP contribution in [-0.4, -0.2) is 4.57 Å². The molecule has 0 saturated heterocycles. The van der Waals surface area contributed by atoms with Crippen molar-refractivity contribution in [2.24, 2.45) is 7.05 Å². The number of hydrogen-bond donors (Lipinski definition) is 0. The summed E-state index contributed by atoms with van der Waals surface area (Å²) >= 11 is 0. The van der Waals surface area contributed by atoms with E-state index in [9.17, 15) is 4.79 Å². The van der Waals surface area contributed by atoms with Gasteiger partial charge in [0.2, 0.25) is 0 Å². The number of nitrogens with zero attached hydrogens (tertiary/aromatic N) is 1. The monoisotopic (exact) mass is 253 g/mol. The lowest BCUT2D eigenvalue weighted by Crippen LogP contribution is -2.14. The third-order valence-corrected chi connectivity index (χ3v) is 3.41. The minimum absolute atomic E-state index is 0.122. The number of unbranched alkanes of at least 4 members (excludes halogenated alkanes) is 1. The second-order valence-corrected chi connectivity index (χ2v) is 4.68. The summed E-state index contributed by atoms with van der Waals surface area (Å²) in [6.45, 7) is 5.60. The van der Waals surface area contributed by atoms with Gasteiger partial charge in [0.25, 0.3) is 0 Å². The van der Waals surface area contributed by atoms with Crippen molar-refractivity contribution in [3.05, 3.63) is 64.5 Å². The van der Waals surface area contributed by atoms with Crippen LogP contribution < -0.4 is 5.43 Å². The normalized spacial score (nSPS) is 11.3. The fraction of sp³-hybridized carbons (Fsp3) is 0.235. The first-order chi connectivity index (χ1) is 9.16. The molecule has 0 saturated carbocycles. The standard InChI is InChI=1S/C17H19NO/c1-4-5-6-7-11-15-13(2)17(19)14-10-8-9-12-16(14)18(15)3/h4,7-12H,1,5-6H2,2-3H3/b11-7+. The van der Waals surface area contributed by atoms with Crippen molar-refractivity contribution >= 4 is 17.0 Å². The number of benzene rings is 1. The maximum Gasteiger partial charge on any atom is 0.192 e. The predicted molar refractivity (Wildman–Crippen MR) is 82.4 cm³/mol. The van der Waals surface area contributed by atoms with Crippen LogP contribution in [0.15, 0.2) is 47.8 Å². The molecule has 1 heterocycles. The van der Waals surface area contributed by atoms with Crippen LogP contribution in [-0.2, 0) is 7.05 Å². The Morgan fingerprint density at radius 1 is 1.26 bits per heavy atom.